The predicted octanol–water partition coefficient (Wildman–Crippen LogP) is 3.96. The molecular weight excluding hydrogens is 342 g/mol. The number of benzene rings is 2. The summed E-state index contributed by atoms with van der Waals surface area (Å²) in [6, 6.07) is 18.8. The molecule has 27 heavy (non-hydrogen) atoms. The van der Waals surface area contributed by atoms with Crippen LogP contribution in [0.4, 0.5) is 11.4 Å². The lowest BCUT2D eigenvalue weighted by atomic mass is 10.2. The van der Waals surface area contributed by atoms with Gasteiger partial charge in [-0.15, -0.1) is 0 Å². The zero-order chi connectivity index (χ0) is 19.1. The Labute approximate surface area is 158 Å². The minimum absolute atomic E-state index is 0.312. The van der Waals surface area contributed by atoms with E-state index in [4.69, 9.17) is 9.47 Å². The number of carbonyl (C=O) groups is 1. The van der Waals surface area contributed by atoms with Gasteiger partial charge in [0, 0.05) is 12.6 Å². The van der Waals surface area contributed by atoms with Crippen molar-refractivity contribution in [2.24, 2.45) is 0 Å². The van der Waals surface area contributed by atoms with E-state index in [0.29, 0.717) is 29.4 Å². The Hall–Kier alpha value is -3.54. The molecule has 2 aromatic carbocycles. The molecule has 0 saturated carbocycles. The Morgan fingerprint density at radius 3 is 2.48 bits per heavy atom. The summed E-state index contributed by atoms with van der Waals surface area (Å²) >= 11 is 0. The highest BCUT2D eigenvalue weighted by Crippen LogP contribution is 2.29. The van der Waals surface area contributed by atoms with Crippen molar-refractivity contribution in [3.63, 3.8) is 0 Å². The van der Waals surface area contributed by atoms with Gasteiger partial charge in [0.25, 0.3) is 5.91 Å². The highest BCUT2D eigenvalue weighted by molar-refractivity contribution is 6.03. The quantitative estimate of drug-likeness (QED) is 0.665. The number of ether oxygens (including phenoxy) is 2. The monoisotopic (exact) mass is 363 g/mol. The standard InChI is InChI=1S/C21H21N3O3/c1-26-17-9-11-18(20(12-17)27-2)24-21(25)19-10-8-16(14-23-19)22-13-15-6-4-3-5-7-15/h3-12,14,22H,13H2,1-2H3,(H,24,25). The fourth-order valence-electron chi connectivity index (χ4n) is 2.52. The normalized spacial score (nSPS) is 10.1. The van der Waals surface area contributed by atoms with Crippen LogP contribution >= 0.6 is 0 Å². The second kappa shape index (κ2) is 8.71. The summed E-state index contributed by atoms with van der Waals surface area (Å²) < 4.78 is 10.4. The van der Waals surface area contributed by atoms with E-state index in [-0.39, 0.29) is 5.91 Å². The molecule has 0 atom stereocenters. The van der Waals surface area contributed by atoms with E-state index in [2.05, 4.69) is 15.6 Å². The maximum absolute atomic E-state index is 12.4. The molecule has 0 spiro atoms. The first kappa shape index (κ1) is 18.3. The molecule has 138 valence electrons. The van der Waals surface area contributed by atoms with Gasteiger partial charge in [-0.1, -0.05) is 30.3 Å². The highest BCUT2D eigenvalue weighted by atomic mass is 16.5. The summed E-state index contributed by atoms with van der Waals surface area (Å²) in [6.07, 6.45) is 1.64. The van der Waals surface area contributed by atoms with E-state index in [0.717, 1.165) is 5.69 Å². The second-order valence-corrected chi connectivity index (χ2v) is 5.79. The van der Waals surface area contributed by atoms with E-state index in [1.54, 1.807) is 37.6 Å². The molecular formula is C21H21N3O3. The summed E-state index contributed by atoms with van der Waals surface area (Å²) in [5, 5.41) is 6.08. The average Bonchev–Trinajstić information content (AvgIpc) is 2.73. The molecule has 0 saturated heterocycles. The molecule has 0 aliphatic rings. The summed E-state index contributed by atoms with van der Waals surface area (Å²) in [5.74, 6) is 0.855. The molecule has 1 amide bonds. The zero-order valence-electron chi connectivity index (χ0n) is 15.2. The van der Waals surface area contributed by atoms with Crippen LogP contribution in [0.3, 0.4) is 0 Å². The van der Waals surface area contributed by atoms with Gasteiger partial charge in [0.1, 0.15) is 17.2 Å². The number of nitrogens with zero attached hydrogens (tertiary/aromatic N) is 1. The third-order valence-corrected chi connectivity index (χ3v) is 3.99. The van der Waals surface area contributed by atoms with Gasteiger partial charge in [-0.2, -0.15) is 0 Å². The van der Waals surface area contributed by atoms with Crippen molar-refractivity contribution in [3.05, 3.63) is 78.1 Å². The van der Waals surface area contributed by atoms with Crippen molar-refractivity contribution in [1.29, 1.82) is 0 Å². The molecule has 0 aliphatic heterocycles. The van der Waals surface area contributed by atoms with E-state index in [9.17, 15) is 4.79 Å². The molecule has 6 heteroatoms. The summed E-state index contributed by atoms with van der Waals surface area (Å²) in [7, 11) is 3.11. The summed E-state index contributed by atoms with van der Waals surface area (Å²) in [5.41, 5.74) is 2.89. The Morgan fingerprint density at radius 1 is 1.00 bits per heavy atom. The molecule has 3 aromatic rings. The van der Waals surface area contributed by atoms with Crippen LogP contribution in [0, 0.1) is 0 Å². The second-order valence-electron chi connectivity index (χ2n) is 5.79. The zero-order valence-corrected chi connectivity index (χ0v) is 15.2. The largest absolute Gasteiger partial charge is 0.497 e. The molecule has 0 radical (unpaired) electrons. The Bertz CT molecular complexity index is 896. The van der Waals surface area contributed by atoms with Gasteiger partial charge in [0.2, 0.25) is 0 Å². The molecule has 6 nitrogen and oxygen atoms in total. The van der Waals surface area contributed by atoms with Crippen molar-refractivity contribution in [1.82, 2.24) is 4.98 Å². The van der Waals surface area contributed by atoms with Crippen molar-refractivity contribution < 1.29 is 14.3 Å². The van der Waals surface area contributed by atoms with Gasteiger partial charge in [-0.05, 0) is 29.8 Å². The van der Waals surface area contributed by atoms with Crippen LogP contribution in [0.15, 0.2) is 66.9 Å². The highest BCUT2D eigenvalue weighted by Gasteiger charge is 2.12. The Kier molecular flexibility index (Phi) is 5.89. The van der Waals surface area contributed by atoms with Gasteiger partial charge in [0.15, 0.2) is 0 Å². The van der Waals surface area contributed by atoms with Crippen molar-refractivity contribution >= 4 is 17.3 Å². The number of hydrogen-bond acceptors (Lipinski definition) is 5. The number of pyridine rings is 1. The van der Waals surface area contributed by atoms with Gasteiger partial charge in [0.05, 0.1) is 31.8 Å². The van der Waals surface area contributed by atoms with Crippen LogP contribution in [0.25, 0.3) is 0 Å². The number of aromatic nitrogens is 1. The van der Waals surface area contributed by atoms with Crippen LogP contribution in [0.5, 0.6) is 11.5 Å². The van der Waals surface area contributed by atoms with E-state index < -0.39 is 0 Å². The average molecular weight is 363 g/mol. The number of rotatable bonds is 7. The maximum atomic E-state index is 12.4. The molecule has 1 aromatic heterocycles. The van der Waals surface area contributed by atoms with Crippen LogP contribution in [0.2, 0.25) is 0 Å². The number of methoxy groups -OCH3 is 2. The summed E-state index contributed by atoms with van der Waals surface area (Å²) in [4.78, 5) is 16.7. The number of nitrogens with one attached hydrogen (secondary N) is 2. The van der Waals surface area contributed by atoms with Crippen LogP contribution in [-0.2, 0) is 6.54 Å². The minimum atomic E-state index is -0.312. The lowest BCUT2D eigenvalue weighted by Crippen LogP contribution is -2.14. The Balaban J connectivity index is 1.64. The van der Waals surface area contributed by atoms with E-state index in [1.807, 2.05) is 36.4 Å². The fourth-order valence-corrected chi connectivity index (χ4v) is 2.52. The predicted molar refractivity (Wildman–Crippen MR) is 106 cm³/mol. The van der Waals surface area contributed by atoms with E-state index >= 15 is 0 Å². The maximum Gasteiger partial charge on any atom is 0.274 e. The number of carbonyl (C=O) groups excluding carboxylic acids is 1. The third-order valence-electron chi connectivity index (χ3n) is 3.99. The van der Waals surface area contributed by atoms with Crippen molar-refractivity contribution in [2.75, 3.05) is 24.9 Å². The summed E-state index contributed by atoms with van der Waals surface area (Å²) in [6.45, 7) is 0.692. The minimum Gasteiger partial charge on any atom is -0.497 e. The lowest BCUT2D eigenvalue weighted by Gasteiger charge is -2.11. The lowest BCUT2D eigenvalue weighted by molar-refractivity contribution is 0.102. The van der Waals surface area contributed by atoms with Gasteiger partial charge in [-0.3, -0.25) is 4.79 Å². The first-order valence-corrected chi connectivity index (χ1v) is 8.47. The number of amides is 1. The smallest absolute Gasteiger partial charge is 0.274 e. The van der Waals surface area contributed by atoms with Crippen LogP contribution in [-0.4, -0.2) is 25.1 Å². The molecule has 0 fully saturated rings. The first-order chi connectivity index (χ1) is 13.2. The van der Waals surface area contributed by atoms with Gasteiger partial charge in [-0.25, -0.2) is 4.98 Å². The van der Waals surface area contributed by atoms with Crippen LogP contribution in [0.1, 0.15) is 16.1 Å². The number of anilines is 2. The Morgan fingerprint density at radius 2 is 1.81 bits per heavy atom. The third kappa shape index (κ3) is 4.76. The molecule has 1 heterocycles. The molecule has 3 rings (SSSR count). The van der Waals surface area contributed by atoms with Crippen molar-refractivity contribution in [3.8, 4) is 11.5 Å². The SMILES string of the molecule is COc1ccc(NC(=O)c2ccc(NCc3ccccc3)cn2)c(OC)c1. The van der Waals surface area contributed by atoms with E-state index in [1.165, 1.54) is 12.7 Å². The fraction of sp³-hybridized carbons (Fsp3) is 0.143. The molecule has 0 bridgehead atoms. The van der Waals surface area contributed by atoms with Crippen molar-refractivity contribution in [2.45, 2.75) is 6.54 Å². The van der Waals surface area contributed by atoms with Gasteiger partial charge >= 0.3 is 0 Å². The topological polar surface area (TPSA) is 72.5 Å². The van der Waals surface area contributed by atoms with Gasteiger partial charge < -0.3 is 20.1 Å². The molecule has 0 aliphatic carbocycles. The molecule has 0 unspecified atom stereocenters. The molecule has 2 N–H and O–H groups in total. The number of hydrogen-bond donors (Lipinski definition) is 2. The first-order valence-electron chi connectivity index (χ1n) is 8.47. The van der Waals surface area contributed by atoms with Crippen LogP contribution < -0.4 is 20.1 Å².